The lowest BCUT2D eigenvalue weighted by molar-refractivity contribution is -0.126. The minimum Gasteiger partial charge on any atom is -0.348 e. The van der Waals surface area contributed by atoms with Gasteiger partial charge in [-0.1, -0.05) is 54.1 Å². The quantitative estimate of drug-likeness (QED) is 0.838. The highest BCUT2D eigenvalue weighted by molar-refractivity contribution is 6.33. The molecule has 3 rings (SSSR count). The highest BCUT2D eigenvalue weighted by atomic mass is 35.5. The van der Waals surface area contributed by atoms with Crippen molar-refractivity contribution >= 4 is 23.4 Å². The maximum absolute atomic E-state index is 13.1. The molecule has 1 N–H and O–H groups in total. The van der Waals surface area contributed by atoms with Gasteiger partial charge in [0.2, 0.25) is 5.91 Å². The van der Waals surface area contributed by atoms with Crippen molar-refractivity contribution in [3.05, 3.63) is 82.9 Å². The molecule has 2 unspecified atom stereocenters. The van der Waals surface area contributed by atoms with Crippen LogP contribution in [-0.4, -0.2) is 28.8 Å². The zero-order valence-corrected chi connectivity index (χ0v) is 15.4. The topological polar surface area (TPSA) is 49.4 Å². The molecule has 0 spiro atoms. The van der Waals surface area contributed by atoms with Crippen LogP contribution in [0.2, 0.25) is 5.02 Å². The van der Waals surface area contributed by atoms with Crippen LogP contribution in [0.1, 0.15) is 28.4 Å². The van der Waals surface area contributed by atoms with E-state index in [0.717, 1.165) is 11.1 Å². The zero-order valence-electron chi connectivity index (χ0n) is 14.6. The molecule has 1 aliphatic heterocycles. The van der Waals surface area contributed by atoms with Gasteiger partial charge in [0.15, 0.2) is 0 Å². The van der Waals surface area contributed by atoms with Crippen molar-refractivity contribution < 1.29 is 9.59 Å². The molecular formula is C21H21ClN2O2. The molecule has 1 heterocycles. The van der Waals surface area contributed by atoms with E-state index < -0.39 is 6.04 Å². The van der Waals surface area contributed by atoms with Crippen molar-refractivity contribution in [1.29, 1.82) is 0 Å². The first kappa shape index (κ1) is 18.2. The summed E-state index contributed by atoms with van der Waals surface area (Å²) in [7, 11) is 0. The summed E-state index contributed by atoms with van der Waals surface area (Å²) in [6, 6.07) is 14.0. The summed E-state index contributed by atoms with van der Waals surface area (Å²) in [6.07, 6.45) is 2.14. The summed E-state index contributed by atoms with van der Waals surface area (Å²) < 4.78 is 0. The third kappa shape index (κ3) is 3.65. The Kier molecular flexibility index (Phi) is 5.43. The molecule has 0 fully saturated rings. The Morgan fingerprint density at radius 2 is 1.85 bits per heavy atom. The van der Waals surface area contributed by atoms with Gasteiger partial charge in [-0.3, -0.25) is 9.59 Å². The highest BCUT2D eigenvalue weighted by Gasteiger charge is 2.35. The number of benzene rings is 2. The molecule has 134 valence electrons. The molecule has 2 aromatic rings. The predicted octanol–water partition coefficient (Wildman–Crippen LogP) is 3.60. The molecule has 2 atom stereocenters. The fourth-order valence-electron chi connectivity index (χ4n) is 3.14. The van der Waals surface area contributed by atoms with Gasteiger partial charge in [0.25, 0.3) is 5.91 Å². The van der Waals surface area contributed by atoms with Crippen molar-refractivity contribution in [3.8, 4) is 0 Å². The molecule has 0 saturated heterocycles. The average molecular weight is 369 g/mol. The number of carbonyl (C=O) groups is 2. The molecule has 4 nitrogen and oxygen atoms in total. The molecule has 2 amide bonds. The second kappa shape index (κ2) is 7.75. The smallest absolute Gasteiger partial charge is 0.256 e. The molecule has 0 saturated carbocycles. The van der Waals surface area contributed by atoms with Gasteiger partial charge in [-0.15, -0.1) is 6.58 Å². The second-order valence-electron chi connectivity index (χ2n) is 6.43. The number of halogens is 1. The number of amides is 2. The van der Waals surface area contributed by atoms with E-state index in [9.17, 15) is 9.59 Å². The van der Waals surface area contributed by atoms with E-state index in [2.05, 4.69) is 11.9 Å². The van der Waals surface area contributed by atoms with Gasteiger partial charge >= 0.3 is 0 Å². The largest absolute Gasteiger partial charge is 0.348 e. The molecule has 1 aliphatic rings. The summed E-state index contributed by atoms with van der Waals surface area (Å²) in [5, 5.41) is 3.28. The molecule has 0 aliphatic carbocycles. The van der Waals surface area contributed by atoms with Crippen molar-refractivity contribution in [2.45, 2.75) is 32.0 Å². The Hall–Kier alpha value is -2.59. The van der Waals surface area contributed by atoms with Crippen LogP contribution in [0.4, 0.5) is 0 Å². The Morgan fingerprint density at radius 1 is 1.19 bits per heavy atom. The SMILES string of the molecule is C=CC(C)NC(=O)C1Cc2ccccc2CN1C(=O)c1ccccc1Cl. The van der Waals surface area contributed by atoms with Crippen molar-refractivity contribution in [2.24, 2.45) is 0 Å². The standard InChI is InChI=1S/C21H21ClN2O2/c1-3-14(2)23-20(25)19-12-15-8-4-5-9-16(15)13-24(19)21(26)17-10-6-7-11-18(17)22/h3-11,14,19H,1,12-13H2,2H3,(H,23,25). The molecule has 2 aromatic carbocycles. The second-order valence-corrected chi connectivity index (χ2v) is 6.84. The average Bonchev–Trinajstić information content (AvgIpc) is 2.66. The third-order valence-corrected chi connectivity index (χ3v) is 4.97. The van der Waals surface area contributed by atoms with Crippen molar-refractivity contribution in [2.75, 3.05) is 0 Å². The van der Waals surface area contributed by atoms with E-state index >= 15 is 0 Å². The van der Waals surface area contributed by atoms with Crippen LogP contribution in [0.5, 0.6) is 0 Å². The van der Waals surface area contributed by atoms with Gasteiger partial charge < -0.3 is 10.2 Å². The van der Waals surface area contributed by atoms with Crippen LogP contribution in [0.15, 0.2) is 61.2 Å². The lowest BCUT2D eigenvalue weighted by Crippen LogP contribution is -2.53. The minimum absolute atomic E-state index is 0.170. The summed E-state index contributed by atoms with van der Waals surface area (Å²) >= 11 is 6.21. The number of rotatable bonds is 4. The van der Waals surface area contributed by atoms with Gasteiger partial charge in [0.05, 0.1) is 10.6 Å². The van der Waals surface area contributed by atoms with E-state index in [1.807, 2.05) is 31.2 Å². The lowest BCUT2D eigenvalue weighted by Gasteiger charge is -2.36. The predicted molar refractivity (Wildman–Crippen MR) is 103 cm³/mol. The molecule has 0 aromatic heterocycles. The maximum Gasteiger partial charge on any atom is 0.256 e. The fraction of sp³-hybridized carbons (Fsp3) is 0.238. The van der Waals surface area contributed by atoms with Crippen LogP contribution in [0, 0.1) is 0 Å². The molecule has 0 bridgehead atoms. The van der Waals surface area contributed by atoms with E-state index in [-0.39, 0.29) is 17.9 Å². The summed E-state index contributed by atoms with van der Waals surface area (Å²) in [5.74, 6) is -0.427. The Balaban J connectivity index is 1.96. The number of hydrogen-bond acceptors (Lipinski definition) is 2. The Morgan fingerprint density at radius 3 is 2.54 bits per heavy atom. The van der Waals surface area contributed by atoms with Gasteiger partial charge in [-0.25, -0.2) is 0 Å². The summed E-state index contributed by atoms with van der Waals surface area (Å²) in [4.78, 5) is 27.6. The van der Waals surface area contributed by atoms with Crippen molar-refractivity contribution in [1.82, 2.24) is 10.2 Å². The van der Waals surface area contributed by atoms with E-state index in [4.69, 9.17) is 11.6 Å². The number of hydrogen-bond donors (Lipinski definition) is 1. The highest BCUT2D eigenvalue weighted by Crippen LogP contribution is 2.27. The molecule has 26 heavy (non-hydrogen) atoms. The molecule has 5 heteroatoms. The van der Waals surface area contributed by atoms with Gasteiger partial charge in [0, 0.05) is 19.0 Å². The summed E-state index contributed by atoms with van der Waals surface area (Å²) in [5.41, 5.74) is 2.54. The van der Waals surface area contributed by atoms with Crippen LogP contribution in [0.25, 0.3) is 0 Å². The monoisotopic (exact) mass is 368 g/mol. The van der Waals surface area contributed by atoms with Gasteiger partial charge in [0.1, 0.15) is 6.04 Å². The minimum atomic E-state index is -0.587. The molecular weight excluding hydrogens is 348 g/mol. The van der Waals surface area contributed by atoms with E-state index in [1.165, 1.54) is 0 Å². The van der Waals surface area contributed by atoms with Crippen LogP contribution in [0.3, 0.4) is 0 Å². The zero-order chi connectivity index (χ0) is 18.7. The first-order valence-corrected chi connectivity index (χ1v) is 8.94. The van der Waals surface area contributed by atoms with Gasteiger partial charge in [-0.05, 0) is 30.2 Å². The fourth-order valence-corrected chi connectivity index (χ4v) is 3.36. The Labute approximate surface area is 158 Å². The Bertz CT molecular complexity index is 849. The number of fused-ring (bicyclic) bond motifs is 1. The number of carbonyl (C=O) groups excluding carboxylic acids is 2. The normalized spacial score (nSPS) is 17.2. The lowest BCUT2D eigenvalue weighted by atomic mass is 9.92. The first-order valence-electron chi connectivity index (χ1n) is 8.56. The third-order valence-electron chi connectivity index (χ3n) is 4.64. The van der Waals surface area contributed by atoms with Crippen LogP contribution >= 0.6 is 11.6 Å². The first-order chi connectivity index (χ1) is 12.5. The summed E-state index contributed by atoms with van der Waals surface area (Å²) in [6.45, 7) is 5.92. The maximum atomic E-state index is 13.1. The number of nitrogens with zero attached hydrogens (tertiary/aromatic N) is 1. The van der Waals surface area contributed by atoms with Crippen LogP contribution < -0.4 is 5.32 Å². The van der Waals surface area contributed by atoms with E-state index in [0.29, 0.717) is 23.6 Å². The number of nitrogens with one attached hydrogen (secondary N) is 1. The van der Waals surface area contributed by atoms with E-state index in [1.54, 1.807) is 35.2 Å². The van der Waals surface area contributed by atoms with Crippen molar-refractivity contribution in [3.63, 3.8) is 0 Å². The molecule has 0 radical (unpaired) electrons. The van der Waals surface area contributed by atoms with Gasteiger partial charge in [-0.2, -0.15) is 0 Å². The van der Waals surface area contributed by atoms with Crippen LogP contribution in [-0.2, 0) is 17.8 Å².